The van der Waals surface area contributed by atoms with Gasteiger partial charge in [0.2, 0.25) is 0 Å². The van der Waals surface area contributed by atoms with Crippen LogP contribution >= 0.6 is 0 Å². The van der Waals surface area contributed by atoms with Crippen LogP contribution < -0.4 is 5.32 Å². The topological polar surface area (TPSA) is 55.6 Å². The van der Waals surface area contributed by atoms with Crippen molar-refractivity contribution >= 4 is 0 Å². The van der Waals surface area contributed by atoms with Gasteiger partial charge in [-0.05, 0) is 16.8 Å². The molecular weight excluding hydrogens is 178 g/mol. The van der Waals surface area contributed by atoms with Gasteiger partial charge in [0.15, 0.2) is 5.82 Å². The fourth-order valence-electron chi connectivity index (χ4n) is 1.13. The maximum atomic E-state index is 3.98. The van der Waals surface area contributed by atoms with Gasteiger partial charge < -0.3 is 5.32 Å². The van der Waals surface area contributed by atoms with Gasteiger partial charge >= 0.3 is 0 Å². The average molecular weight is 197 g/mol. The molecule has 0 fully saturated rings. The first-order chi connectivity index (χ1) is 6.74. The van der Waals surface area contributed by atoms with Gasteiger partial charge in [-0.15, -0.1) is 5.10 Å². The molecule has 14 heavy (non-hydrogen) atoms. The molecule has 0 spiro atoms. The zero-order valence-electron chi connectivity index (χ0n) is 9.19. The third-order valence-electron chi connectivity index (χ3n) is 2.00. The molecule has 1 heterocycles. The number of rotatable bonds is 6. The number of nitrogens with one attached hydrogen (secondary N) is 1. The lowest BCUT2D eigenvalue weighted by molar-refractivity contribution is 0.500. The second kappa shape index (κ2) is 5.70. The summed E-state index contributed by atoms with van der Waals surface area (Å²) in [6, 6.07) is 0.464. The van der Waals surface area contributed by atoms with E-state index in [0.29, 0.717) is 6.04 Å². The van der Waals surface area contributed by atoms with E-state index in [-0.39, 0.29) is 0 Å². The molecule has 0 aliphatic heterocycles. The molecule has 0 aliphatic carbocycles. The maximum absolute atomic E-state index is 3.98. The Bertz CT molecular complexity index is 255. The first-order valence-corrected chi connectivity index (χ1v) is 5.22. The van der Waals surface area contributed by atoms with E-state index in [1.165, 1.54) is 0 Å². The van der Waals surface area contributed by atoms with Crippen molar-refractivity contribution in [2.24, 2.45) is 0 Å². The summed E-state index contributed by atoms with van der Waals surface area (Å²) in [6.07, 6.45) is 2.29. The lowest BCUT2D eigenvalue weighted by atomic mass is 10.3. The number of aromatic nitrogens is 4. The summed E-state index contributed by atoms with van der Waals surface area (Å²) < 4.78 is 1.87. The van der Waals surface area contributed by atoms with Crippen molar-refractivity contribution < 1.29 is 0 Å². The minimum Gasteiger partial charge on any atom is -0.308 e. The number of tetrazole rings is 1. The van der Waals surface area contributed by atoms with Crippen molar-refractivity contribution in [3.05, 3.63) is 5.82 Å². The number of hydrogen-bond donors (Lipinski definition) is 1. The van der Waals surface area contributed by atoms with Crippen molar-refractivity contribution in [1.29, 1.82) is 0 Å². The lowest BCUT2D eigenvalue weighted by Gasteiger charge is -2.07. The van der Waals surface area contributed by atoms with Crippen LogP contribution in [-0.2, 0) is 13.1 Å². The quantitative estimate of drug-likeness (QED) is 0.738. The predicted octanol–water partition coefficient (Wildman–Crippen LogP) is 0.971. The summed E-state index contributed by atoms with van der Waals surface area (Å²) in [7, 11) is 0. The highest BCUT2D eigenvalue weighted by Crippen LogP contribution is 1.97. The minimum absolute atomic E-state index is 0.464. The summed E-state index contributed by atoms with van der Waals surface area (Å²) >= 11 is 0. The first kappa shape index (κ1) is 11.1. The van der Waals surface area contributed by atoms with E-state index >= 15 is 0 Å². The average Bonchev–Trinajstić information content (AvgIpc) is 2.58. The molecule has 1 aromatic heterocycles. The SMILES string of the molecule is CCCCn1nnnc1CNC(C)C. The number of aryl methyl sites for hydroxylation is 1. The molecule has 0 bridgehead atoms. The zero-order chi connectivity index (χ0) is 10.4. The van der Waals surface area contributed by atoms with E-state index in [2.05, 4.69) is 41.6 Å². The Kier molecular flexibility index (Phi) is 4.52. The van der Waals surface area contributed by atoms with Crippen molar-refractivity contribution in [2.45, 2.75) is 52.7 Å². The molecule has 0 saturated heterocycles. The summed E-state index contributed by atoms with van der Waals surface area (Å²) in [5.41, 5.74) is 0. The van der Waals surface area contributed by atoms with Gasteiger partial charge in [0.25, 0.3) is 0 Å². The molecule has 5 nitrogen and oxygen atoms in total. The fourth-order valence-corrected chi connectivity index (χ4v) is 1.13. The Hall–Kier alpha value is -0.970. The third-order valence-corrected chi connectivity index (χ3v) is 2.00. The van der Waals surface area contributed by atoms with Crippen LogP contribution in [0.25, 0.3) is 0 Å². The van der Waals surface area contributed by atoms with Gasteiger partial charge in [-0.1, -0.05) is 27.2 Å². The van der Waals surface area contributed by atoms with E-state index in [1.54, 1.807) is 0 Å². The molecular formula is C9H19N5. The predicted molar refractivity (Wildman–Crippen MR) is 54.7 cm³/mol. The van der Waals surface area contributed by atoms with Gasteiger partial charge in [-0.3, -0.25) is 0 Å². The van der Waals surface area contributed by atoms with E-state index in [0.717, 1.165) is 31.8 Å². The van der Waals surface area contributed by atoms with Crippen LogP contribution in [-0.4, -0.2) is 26.2 Å². The van der Waals surface area contributed by atoms with Gasteiger partial charge in [0.1, 0.15) is 0 Å². The third kappa shape index (κ3) is 3.41. The molecule has 0 radical (unpaired) electrons. The number of nitrogens with zero attached hydrogens (tertiary/aromatic N) is 4. The van der Waals surface area contributed by atoms with E-state index < -0.39 is 0 Å². The van der Waals surface area contributed by atoms with Crippen LogP contribution in [0.2, 0.25) is 0 Å². The largest absolute Gasteiger partial charge is 0.308 e. The van der Waals surface area contributed by atoms with E-state index in [9.17, 15) is 0 Å². The van der Waals surface area contributed by atoms with Gasteiger partial charge in [0.05, 0.1) is 6.54 Å². The molecule has 0 unspecified atom stereocenters. The van der Waals surface area contributed by atoms with E-state index in [1.807, 2.05) is 4.68 Å². The van der Waals surface area contributed by atoms with Crippen LogP contribution in [0.3, 0.4) is 0 Å². The Labute approximate surface area is 84.9 Å². The van der Waals surface area contributed by atoms with Crippen molar-refractivity contribution in [2.75, 3.05) is 0 Å². The van der Waals surface area contributed by atoms with Gasteiger partial charge in [-0.25, -0.2) is 4.68 Å². The molecule has 0 aromatic carbocycles. The van der Waals surface area contributed by atoms with Crippen LogP contribution in [0.1, 0.15) is 39.4 Å². The highest BCUT2D eigenvalue weighted by atomic mass is 15.5. The van der Waals surface area contributed by atoms with Crippen molar-refractivity contribution in [1.82, 2.24) is 25.5 Å². The standard InChI is InChI=1S/C9H19N5/c1-4-5-6-14-9(11-12-13-14)7-10-8(2)3/h8,10H,4-7H2,1-3H3. The summed E-state index contributed by atoms with van der Waals surface area (Å²) in [6.45, 7) is 8.05. The number of hydrogen-bond acceptors (Lipinski definition) is 4. The maximum Gasteiger partial charge on any atom is 0.165 e. The molecule has 0 aliphatic rings. The highest BCUT2D eigenvalue weighted by molar-refractivity contribution is 4.80. The Balaban J connectivity index is 2.45. The molecule has 1 rings (SSSR count). The normalized spacial score (nSPS) is 11.1. The van der Waals surface area contributed by atoms with E-state index in [4.69, 9.17) is 0 Å². The highest BCUT2D eigenvalue weighted by Gasteiger charge is 2.05. The lowest BCUT2D eigenvalue weighted by Crippen LogP contribution is -2.24. The molecule has 80 valence electrons. The first-order valence-electron chi connectivity index (χ1n) is 5.22. The molecule has 0 atom stereocenters. The zero-order valence-corrected chi connectivity index (χ0v) is 9.19. The molecule has 1 aromatic rings. The van der Waals surface area contributed by atoms with Crippen molar-refractivity contribution in [3.8, 4) is 0 Å². The molecule has 0 saturated carbocycles. The molecule has 1 N–H and O–H groups in total. The van der Waals surface area contributed by atoms with Crippen molar-refractivity contribution in [3.63, 3.8) is 0 Å². The second-order valence-electron chi connectivity index (χ2n) is 3.71. The summed E-state index contributed by atoms with van der Waals surface area (Å²) in [5, 5.41) is 14.9. The van der Waals surface area contributed by atoms with Crippen LogP contribution in [0.15, 0.2) is 0 Å². The Morgan fingerprint density at radius 1 is 1.43 bits per heavy atom. The number of unbranched alkanes of at least 4 members (excludes halogenated alkanes) is 1. The van der Waals surface area contributed by atoms with Gasteiger partial charge in [0, 0.05) is 12.6 Å². The summed E-state index contributed by atoms with van der Waals surface area (Å²) in [4.78, 5) is 0. The summed E-state index contributed by atoms with van der Waals surface area (Å²) in [5.74, 6) is 0.923. The minimum atomic E-state index is 0.464. The molecule has 5 heteroatoms. The monoisotopic (exact) mass is 197 g/mol. The Morgan fingerprint density at radius 3 is 2.86 bits per heavy atom. The van der Waals surface area contributed by atoms with Gasteiger partial charge in [-0.2, -0.15) is 0 Å². The van der Waals surface area contributed by atoms with Crippen LogP contribution in [0.4, 0.5) is 0 Å². The van der Waals surface area contributed by atoms with Crippen LogP contribution in [0.5, 0.6) is 0 Å². The van der Waals surface area contributed by atoms with Crippen LogP contribution in [0, 0.1) is 0 Å². The second-order valence-corrected chi connectivity index (χ2v) is 3.71. The molecule has 0 amide bonds. The Morgan fingerprint density at radius 2 is 2.21 bits per heavy atom. The fraction of sp³-hybridized carbons (Fsp3) is 0.889. The smallest absolute Gasteiger partial charge is 0.165 e.